The van der Waals surface area contributed by atoms with E-state index in [0.717, 1.165) is 22.5 Å². The van der Waals surface area contributed by atoms with Crippen molar-refractivity contribution in [1.29, 1.82) is 0 Å². The molecule has 0 radical (unpaired) electrons. The standard InChI is InChI=1S/C22H19FN4O2/c23-18-3-1-2-16(14-18)17-4-5-19-6-7-21(26(19)15-17)27-20(8-9-24-27)22(28)25-10-12-29-13-11-25/h1-9,14-15H,10-13H2. The molecule has 1 aromatic carbocycles. The lowest BCUT2D eigenvalue weighted by Crippen LogP contribution is -2.41. The zero-order chi connectivity index (χ0) is 19.8. The zero-order valence-electron chi connectivity index (χ0n) is 15.7. The Kier molecular flexibility index (Phi) is 4.37. The van der Waals surface area contributed by atoms with E-state index in [4.69, 9.17) is 4.74 Å². The van der Waals surface area contributed by atoms with Gasteiger partial charge in [-0.3, -0.25) is 4.79 Å². The van der Waals surface area contributed by atoms with Gasteiger partial charge in [0.1, 0.15) is 17.3 Å². The Hall–Kier alpha value is -3.45. The number of carbonyl (C=O) groups is 1. The van der Waals surface area contributed by atoms with Gasteiger partial charge in [-0.05, 0) is 47.5 Å². The Labute approximate surface area is 166 Å². The lowest BCUT2D eigenvalue weighted by Gasteiger charge is -2.26. The number of carbonyl (C=O) groups excluding carboxylic acids is 1. The average Bonchev–Trinajstić information content (AvgIpc) is 3.40. The largest absolute Gasteiger partial charge is 0.378 e. The number of hydrogen-bond acceptors (Lipinski definition) is 3. The maximum absolute atomic E-state index is 13.7. The number of nitrogens with zero attached hydrogens (tertiary/aromatic N) is 4. The highest BCUT2D eigenvalue weighted by molar-refractivity contribution is 5.93. The lowest BCUT2D eigenvalue weighted by molar-refractivity contribution is 0.0297. The monoisotopic (exact) mass is 390 g/mol. The molecule has 0 bridgehead atoms. The van der Waals surface area contributed by atoms with Gasteiger partial charge in [-0.15, -0.1) is 0 Å². The summed E-state index contributed by atoms with van der Waals surface area (Å²) >= 11 is 0. The highest BCUT2D eigenvalue weighted by Crippen LogP contribution is 2.24. The topological polar surface area (TPSA) is 51.8 Å². The number of pyridine rings is 1. The molecule has 4 aromatic rings. The van der Waals surface area contributed by atoms with Crippen LogP contribution in [0, 0.1) is 5.82 Å². The summed E-state index contributed by atoms with van der Waals surface area (Å²) in [5.74, 6) is 0.405. The molecule has 0 spiro atoms. The number of aromatic nitrogens is 3. The van der Waals surface area contributed by atoms with Crippen molar-refractivity contribution >= 4 is 11.4 Å². The van der Waals surface area contributed by atoms with E-state index in [1.54, 1.807) is 27.9 Å². The summed E-state index contributed by atoms with van der Waals surface area (Å²) < 4.78 is 22.6. The second kappa shape index (κ2) is 7.18. The van der Waals surface area contributed by atoms with E-state index in [-0.39, 0.29) is 11.7 Å². The van der Waals surface area contributed by atoms with Crippen LogP contribution >= 0.6 is 0 Å². The van der Waals surface area contributed by atoms with Gasteiger partial charge in [0.15, 0.2) is 0 Å². The third-order valence-corrected chi connectivity index (χ3v) is 5.17. The van der Waals surface area contributed by atoms with Crippen molar-refractivity contribution < 1.29 is 13.9 Å². The van der Waals surface area contributed by atoms with Crippen LogP contribution in [-0.4, -0.2) is 51.3 Å². The smallest absolute Gasteiger partial charge is 0.272 e. The predicted molar refractivity (Wildman–Crippen MR) is 107 cm³/mol. The van der Waals surface area contributed by atoms with Crippen molar-refractivity contribution in [3.63, 3.8) is 0 Å². The van der Waals surface area contributed by atoms with Gasteiger partial charge in [0, 0.05) is 24.8 Å². The second-order valence-electron chi connectivity index (χ2n) is 6.95. The molecule has 146 valence electrons. The van der Waals surface area contributed by atoms with Crippen molar-refractivity contribution in [2.45, 2.75) is 0 Å². The number of benzene rings is 1. The fourth-order valence-electron chi connectivity index (χ4n) is 3.67. The fourth-order valence-corrected chi connectivity index (χ4v) is 3.67. The number of amides is 1. The normalized spacial score (nSPS) is 14.4. The highest BCUT2D eigenvalue weighted by Gasteiger charge is 2.23. The van der Waals surface area contributed by atoms with E-state index in [1.165, 1.54) is 12.1 Å². The van der Waals surface area contributed by atoms with Crippen LogP contribution in [0.1, 0.15) is 10.5 Å². The van der Waals surface area contributed by atoms with Gasteiger partial charge >= 0.3 is 0 Å². The van der Waals surface area contributed by atoms with Crippen LogP contribution in [-0.2, 0) is 4.74 Å². The minimum absolute atomic E-state index is 0.0676. The summed E-state index contributed by atoms with van der Waals surface area (Å²) in [5.41, 5.74) is 3.13. The van der Waals surface area contributed by atoms with E-state index >= 15 is 0 Å². The number of rotatable bonds is 3. The Balaban J connectivity index is 1.57. The maximum atomic E-state index is 13.7. The maximum Gasteiger partial charge on any atom is 0.272 e. The highest BCUT2D eigenvalue weighted by atomic mass is 19.1. The van der Waals surface area contributed by atoms with Crippen molar-refractivity contribution in [2.75, 3.05) is 26.3 Å². The molecule has 0 N–H and O–H groups in total. The predicted octanol–water partition coefficient (Wildman–Crippen LogP) is 3.40. The molecule has 29 heavy (non-hydrogen) atoms. The van der Waals surface area contributed by atoms with Gasteiger partial charge in [-0.1, -0.05) is 18.2 Å². The summed E-state index contributed by atoms with van der Waals surface area (Å²) in [6.07, 6.45) is 3.56. The number of ether oxygens (including phenoxy) is 1. The first-order valence-electron chi connectivity index (χ1n) is 9.49. The SMILES string of the molecule is O=C(c1ccnn1-c1ccc2ccc(-c3cccc(F)c3)cn12)N1CCOCC1. The minimum atomic E-state index is -0.277. The molecule has 7 heteroatoms. The third-order valence-electron chi connectivity index (χ3n) is 5.17. The molecule has 1 amide bonds. The summed E-state index contributed by atoms with van der Waals surface area (Å²) in [4.78, 5) is 14.8. The molecule has 1 aliphatic rings. The van der Waals surface area contributed by atoms with Crippen molar-refractivity contribution in [3.8, 4) is 16.9 Å². The van der Waals surface area contributed by atoms with E-state index in [1.807, 2.05) is 40.9 Å². The first-order valence-corrected chi connectivity index (χ1v) is 9.49. The third kappa shape index (κ3) is 3.19. The van der Waals surface area contributed by atoms with Crippen LogP contribution in [0.3, 0.4) is 0 Å². The molecular weight excluding hydrogens is 371 g/mol. The molecule has 1 saturated heterocycles. The Morgan fingerprint density at radius 2 is 1.83 bits per heavy atom. The minimum Gasteiger partial charge on any atom is -0.378 e. The van der Waals surface area contributed by atoms with Gasteiger partial charge in [0.25, 0.3) is 5.91 Å². The molecule has 0 saturated carbocycles. The van der Waals surface area contributed by atoms with E-state index in [2.05, 4.69) is 5.10 Å². The Bertz CT molecular complexity index is 1190. The van der Waals surface area contributed by atoms with E-state index in [0.29, 0.717) is 32.0 Å². The van der Waals surface area contributed by atoms with Crippen LogP contribution < -0.4 is 0 Å². The number of fused-ring (bicyclic) bond motifs is 1. The second-order valence-corrected chi connectivity index (χ2v) is 6.95. The van der Waals surface area contributed by atoms with Crippen LogP contribution in [0.2, 0.25) is 0 Å². The molecule has 6 nitrogen and oxygen atoms in total. The first-order chi connectivity index (χ1) is 14.2. The number of halogens is 1. The van der Waals surface area contributed by atoms with Gasteiger partial charge in [0.2, 0.25) is 0 Å². The van der Waals surface area contributed by atoms with Crippen LogP contribution in [0.5, 0.6) is 0 Å². The quantitative estimate of drug-likeness (QED) is 0.539. The van der Waals surface area contributed by atoms with Crippen molar-refractivity contribution in [2.24, 2.45) is 0 Å². The van der Waals surface area contributed by atoms with Gasteiger partial charge in [-0.25, -0.2) is 9.07 Å². The van der Waals surface area contributed by atoms with E-state index < -0.39 is 0 Å². The molecule has 0 aliphatic carbocycles. The Morgan fingerprint density at radius 3 is 2.66 bits per heavy atom. The number of hydrogen-bond donors (Lipinski definition) is 0. The van der Waals surface area contributed by atoms with Crippen LogP contribution in [0.15, 0.2) is 67.0 Å². The molecule has 0 unspecified atom stereocenters. The zero-order valence-corrected chi connectivity index (χ0v) is 15.7. The van der Waals surface area contributed by atoms with Gasteiger partial charge in [-0.2, -0.15) is 5.10 Å². The van der Waals surface area contributed by atoms with Crippen LogP contribution in [0.25, 0.3) is 22.5 Å². The van der Waals surface area contributed by atoms with Crippen molar-refractivity contribution in [1.82, 2.24) is 19.1 Å². The molecule has 4 heterocycles. The average molecular weight is 390 g/mol. The molecule has 0 atom stereocenters. The van der Waals surface area contributed by atoms with E-state index in [9.17, 15) is 9.18 Å². The summed E-state index contributed by atoms with van der Waals surface area (Å²) in [5, 5.41) is 4.40. The summed E-state index contributed by atoms with van der Waals surface area (Å²) in [6, 6.07) is 16.0. The number of morpholine rings is 1. The molecule has 3 aromatic heterocycles. The summed E-state index contributed by atoms with van der Waals surface area (Å²) in [7, 11) is 0. The van der Waals surface area contributed by atoms with Crippen LogP contribution in [0.4, 0.5) is 4.39 Å². The first kappa shape index (κ1) is 17.6. The van der Waals surface area contributed by atoms with Gasteiger partial charge < -0.3 is 14.0 Å². The Morgan fingerprint density at radius 1 is 1.00 bits per heavy atom. The molecule has 5 rings (SSSR count). The van der Waals surface area contributed by atoms with Crippen molar-refractivity contribution in [3.05, 3.63) is 78.5 Å². The molecular formula is C22H19FN4O2. The van der Waals surface area contributed by atoms with Gasteiger partial charge in [0.05, 0.1) is 19.4 Å². The summed E-state index contributed by atoms with van der Waals surface area (Å²) in [6.45, 7) is 2.24. The fraction of sp³-hybridized carbons (Fsp3) is 0.182. The molecule has 1 aliphatic heterocycles. The molecule has 1 fully saturated rings. The lowest BCUT2D eigenvalue weighted by atomic mass is 10.1.